The van der Waals surface area contributed by atoms with E-state index in [1.165, 1.54) is 5.56 Å². The molecule has 0 saturated carbocycles. The molecule has 3 rings (SSSR count). The van der Waals surface area contributed by atoms with Crippen molar-refractivity contribution in [3.05, 3.63) is 60.7 Å². The third-order valence-electron chi connectivity index (χ3n) is 3.25. The number of ether oxygens (including phenoxy) is 1. The van der Waals surface area contributed by atoms with E-state index in [-0.39, 0.29) is 0 Å². The molecule has 100 valence electrons. The minimum atomic E-state index is 0.817. The van der Waals surface area contributed by atoms with Gasteiger partial charge in [-0.25, -0.2) is 4.68 Å². The summed E-state index contributed by atoms with van der Waals surface area (Å²) in [6.45, 7) is 2.07. The second kappa shape index (κ2) is 5.17. The van der Waals surface area contributed by atoms with Crippen molar-refractivity contribution >= 4 is 0 Å². The molecule has 1 aromatic carbocycles. The molecule has 0 saturated heterocycles. The van der Waals surface area contributed by atoms with Gasteiger partial charge < -0.3 is 4.74 Å². The summed E-state index contributed by atoms with van der Waals surface area (Å²) < 4.78 is 7.07. The van der Waals surface area contributed by atoms with Gasteiger partial charge in [0.15, 0.2) is 0 Å². The zero-order valence-electron chi connectivity index (χ0n) is 11.4. The minimum absolute atomic E-state index is 0.817. The molecule has 2 aromatic heterocycles. The van der Waals surface area contributed by atoms with Gasteiger partial charge in [0.05, 0.1) is 19.0 Å². The monoisotopic (exact) mass is 265 g/mol. The van der Waals surface area contributed by atoms with E-state index in [1.807, 2.05) is 53.6 Å². The first-order valence-corrected chi connectivity index (χ1v) is 6.38. The van der Waals surface area contributed by atoms with Gasteiger partial charge in [0.1, 0.15) is 5.75 Å². The molecule has 0 unspecified atom stereocenters. The molecule has 0 aliphatic heterocycles. The SMILES string of the molecule is COc1cccc(-n2cc(-c3cnccc3C)cn2)c1. The van der Waals surface area contributed by atoms with Crippen molar-refractivity contribution in [1.29, 1.82) is 0 Å². The number of pyridine rings is 1. The van der Waals surface area contributed by atoms with Gasteiger partial charge in [0.25, 0.3) is 0 Å². The molecular weight excluding hydrogens is 250 g/mol. The van der Waals surface area contributed by atoms with E-state index in [0.29, 0.717) is 0 Å². The summed E-state index contributed by atoms with van der Waals surface area (Å²) in [5.74, 6) is 0.817. The van der Waals surface area contributed by atoms with Crippen LogP contribution in [0.4, 0.5) is 0 Å². The highest BCUT2D eigenvalue weighted by molar-refractivity contribution is 5.65. The maximum atomic E-state index is 5.24. The summed E-state index contributed by atoms with van der Waals surface area (Å²) in [6, 6.07) is 9.81. The van der Waals surface area contributed by atoms with E-state index >= 15 is 0 Å². The summed E-state index contributed by atoms with van der Waals surface area (Å²) in [5, 5.41) is 4.41. The molecule has 2 heterocycles. The Hall–Kier alpha value is -2.62. The van der Waals surface area contributed by atoms with E-state index in [0.717, 1.165) is 22.6 Å². The van der Waals surface area contributed by atoms with Crippen LogP contribution in [-0.4, -0.2) is 21.9 Å². The van der Waals surface area contributed by atoms with Gasteiger partial charge in [0.2, 0.25) is 0 Å². The van der Waals surface area contributed by atoms with E-state index in [2.05, 4.69) is 17.0 Å². The normalized spacial score (nSPS) is 10.5. The average molecular weight is 265 g/mol. The van der Waals surface area contributed by atoms with Gasteiger partial charge in [0, 0.05) is 35.8 Å². The second-order valence-corrected chi connectivity index (χ2v) is 4.57. The summed E-state index contributed by atoms with van der Waals surface area (Å²) >= 11 is 0. The van der Waals surface area contributed by atoms with Crippen LogP contribution in [0.3, 0.4) is 0 Å². The molecule has 3 aromatic rings. The second-order valence-electron chi connectivity index (χ2n) is 4.57. The number of aromatic nitrogens is 3. The fourth-order valence-electron chi connectivity index (χ4n) is 2.12. The van der Waals surface area contributed by atoms with Gasteiger partial charge >= 0.3 is 0 Å². The average Bonchev–Trinajstić information content (AvgIpc) is 2.97. The summed E-state index contributed by atoms with van der Waals surface area (Å²) in [5.41, 5.74) is 4.31. The Morgan fingerprint density at radius 2 is 2.05 bits per heavy atom. The topological polar surface area (TPSA) is 39.9 Å². The Kier molecular flexibility index (Phi) is 3.21. The third-order valence-corrected chi connectivity index (χ3v) is 3.25. The number of aryl methyl sites for hydroxylation is 1. The van der Waals surface area contributed by atoms with Crippen LogP contribution in [0.15, 0.2) is 55.1 Å². The first-order chi connectivity index (χ1) is 9.78. The van der Waals surface area contributed by atoms with Crippen molar-refractivity contribution in [3.63, 3.8) is 0 Å². The zero-order valence-corrected chi connectivity index (χ0v) is 11.4. The number of hydrogen-bond acceptors (Lipinski definition) is 3. The van der Waals surface area contributed by atoms with Crippen LogP contribution in [0.25, 0.3) is 16.8 Å². The number of benzene rings is 1. The highest BCUT2D eigenvalue weighted by Gasteiger charge is 2.06. The van der Waals surface area contributed by atoms with Crippen LogP contribution < -0.4 is 4.74 Å². The number of hydrogen-bond donors (Lipinski definition) is 0. The van der Waals surface area contributed by atoms with Crippen molar-refractivity contribution in [1.82, 2.24) is 14.8 Å². The lowest BCUT2D eigenvalue weighted by Crippen LogP contribution is -1.94. The molecular formula is C16H15N3O. The number of rotatable bonds is 3. The summed E-state index contributed by atoms with van der Waals surface area (Å²) in [6.07, 6.45) is 7.51. The lowest BCUT2D eigenvalue weighted by molar-refractivity contribution is 0.414. The molecule has 20 heavy (non-hydrogen) atoms. The van der Waals surface area contributed by atoms with Gasteiger partial charge in [-0.3, -0.25) is 4.98 Å². The molecule has 0 spiro atoms. The van der Waals surface area contributed by atoms with Gasteiger partial charge in [-0.05, 0) is 30.7 Å². The Bertz CT molecular complexity index is 734. The van der Waals surface area contributed by atoms with E-state index < -0.39 is 0 Å². The van der Waals surface area contributed by atoms with E-state index in [4.69, 9.17) is 4.74 Å². The fourth-order valence-corrected chi connectivity index (χ4v) is 2.12. The molecule has 0 bridgehead atoms. The smallest absolute Gasteiger partial charge is 0.121 e. The molecule has 4 nitrogen and oxygen atoms in total. The van der Waals surface area contributed by atoms with Crippen LogP contribution in [0, 0.1) is 6.92 Å². The lowest BCUT2D eigenvalue weighted by Gasteiger charge is -2.04. The summed E-state index contributed by atoms with van der Waals surface area (Å²) in [7, 11) is 1.66. The maximum absolute atomic E-state index is 5.24. The molecule has 0 N–H and O–H groups in total. The molecule has 0 aliphatic rings. The molecule has 0 atom stereocenters. The largest absolute Gasteiger partial charge is 0.497 e. The molecule has 4 heteroatoms. The first kappa shape index (κ1) is 12.4. The maximum Gasteiger partial charge on any atom is 0.121 e. The van der Waals surface area contributed by atoms with Crippen molar-refractivity contribution in [2.75, 3.05) is 7.11 Å². The highest BCUT2D eigenvalue weighted by Crippen LogP contribution is 2.23. The van der Waals surface area contributed by atoms with Crippen molar-refractivity contribution in [3.8, 4) is 22.6 Å². The molecule has 0 amide bonds. The van der Waals surface area contributed by atoms with E-state index in [1.54, 1.807) is 13.3 Å². The van der Waals surface area contributed by atoms with Gasteiger partial charge in [-0.2, -0.15) is 5.10 Å². The third kappa shape index (κ3) is 2.28. The standard InChI is InChI=1S/C16H15N3O/c1-12-6-7-17-10-16(12)13-9-18-19(11-13)14-4-3-5-15(8-14)20-2/h3-11H,1-2H3. The fraction of sp³-hybridized carbons (Fsp3) is 0.125. The zero-order chi connectivity index (χ0) is 13.9. The Balaban J connectivity index is 2.00. The van der Waals surface area contributed by atoms with E-state index in [9.17, 15) is 0 Å². The Morgan fingerprint density at radius 1 is 1.15 bits per heavy atom. The predicted molar refractivity (Wildman–Crippen MR) is 78.1 cm³/mol. The predicted octanol–water partition coefficient (Wildman–Crippen LogP) is 3.25. The number of nitrogens with zero attached hydrogens (tertiary/aromatic N) is 3. The Labute approximate surface area is 117 Å². The van der Waals surface area contributed by atoms with Crippen LogP contribution >= 0.6 is 0 Å². The van der Waals surface area contributed by atoms with Crippen molar-refractivity contribution in [2.24, 2.45) is 0 Å². The molecule has 0 fully saturated rings. The van der Waals surface area contributed by atoms with Crippen LogP contribution in [-0.2, 0) is 0 Å². The van der Waals surface area contributed by atoms with Crippen LogP contribution in [0.1, 0.15) is 5.56 Å². The quantitative estimate of drug-likeness (QED) is 0.729. The Morgan fingerprint density at radius 3 is 2.85 bits per heavy atom. The minimum Gasteiger partial charge on any atom is -0.497 e. The van der Waals surface area contributed by atoms with Gasteiger partial charge in [-0.15, -0.1) is 0 Å². The number of methoxy groups -OCH3 is 1. The molecule has 0 aliphatic carbocycles. The van der Waals surface area contributed by atoms with Crippen molar-refractivity contribution < 1.29 is 4.74 Å². The van der Waals surface area contributed by atoms with Crippen molar-refractivity contribution in [2.45, 2.75) is 6.92 Å². The molecule has 0 radical (unpaired) electrons. The summed E-state index contributed by atoms with van der Waals surface area (Å²) in [4.78, 5) is 4.17. The van der Waals surface area contributed by atoms with Gasteiger partial charge in [-0.1, -0.05) is 6.07 Å². The highest BCUT2D eigenvalue weighted by atomic mass is 16.5. The lowest BCUT2D eigenvalue weighted by atomic mass is 10.1. The van der Waals surface area contributed by atoms with Crippen LogP contribution in [0.2, 0.25) is 0 Å². The first-order valence-electron chi connectivity index (χ1n) is 6.38. The van der Waals surface area contributed by atoms with Crippen LogP contribution in [0.5, 0.6) is 5.75 Å².